The van der Waals surface area contributed by atoms with Crippen molar-refractivity contribution in [1.82, 2.24) is 0 Å². The second-order valence-electron chi connectivity index (χ2n) is 4.18. The first-order valence-electron chi connectivity index (χ1n) is 6.01. The summed E-state index contributed by atoms with van der Waals surface area (Å²) >= 11 is 8.08. The van der Waals surface area contributed by atoms with Gasteiger partial charge in [-0.15, -0.1) is 0 Å². The van der Waals surface area contributed by atoms with Gasteiger partial charge in [-0.3, -0.25) is 0 Å². The molecule has 0 heterocycles. The number of rotatable bonds is 4. The van der Waals surface area contributed by atoms with Crippen molar-refractivity contribution in [3.8, 4) is 5.75 Å². The molecule has 0 unspecified atom stereocenters. The minimum Gasteiger partial charge on any atom is -1.00 e. The fourth-order valence-corrected chi connectivity index (χ4v) is 2.40. The maximum atomic E-state index is 6.21. The summed E-state index contributed by atoms with van der Waals surface area (Å²) in [7, 11) is 0. The van der Waals surface area contributed by atoms with Gasteiger partial charge in [-0.1, -0.05) is 0 Å². The van der Waals surface area contributed by atoms with Crippen LogP contribution in [0.15, 0.2) is 42.5 Å². The average Bonchev–Trinajstić information content (AvgIpc) is 2.37. The minimum atomic E-state index is 0. The summed E-state index contributed by atoms with van der Waals surface area (Å²) in [5.74, 6) is 0.915. The molecule has 0 aliphatic carbocycles. The third kappa shape index (κ3) is 7.66. The largest absolute Gasteiger partial charge is 1.00 e. The molecule has 0 aliphatic heterocycles. The van der Waals surface area contributed by atoms with Crippen molar-refractivity contribution < 1.29 is 53.0 Å². The minimum absolute atomic E-state index is 0. The van der Waals surface area contributed by atoms with E-state index in [9.17, 15) is 0 Å². The van der Waals surface area contributed by atoms with Crippen LogP contribution in [0.25, 0.3) is 0 Å². The van der Waals surface area contributed by atoms with E-state index in [0.717, 1.165) is 17.2 Å². The fraction of sp³-hybridized carbons (Fsp3) is 0.200. The number of hydrogen-bond acceptors (Lipinski definition) is 1. The molecule has 2 aromatic carbocycles. The summed E-state index contributed by atoms with van der Waals surface area (Å²) in [5, 5.41) is 0.833. The zero-order valence-corrected chi connectivity index (χ0v) is 16.7. The van der Waals surface area contributed by atoms with Crippen LogP contribution in [0.4, 0.5) is 0 Å². The zero-order valence-electron chi connectivity index (χ0n) is 12.2. The van der Waals surface area contributed by atoms with Crippen LogP contribution in [0.2, 0.25) is 5.02 Å². The van der Waals surface area contributed by atoms with Crippen molar-refractivity contribution in [3.63, 3.8) is 0 Å². The average molecular weight is 392 g/mol. The Bertz CT molecular complexity index is 538. The molecule has 0 saturated heterocycles. The molecular formula is C15H14BrCl2LiMgO. The Hall–Kier alpha value is 0.664. The van der Waals surface area contributed by atoms with Crippen molar-refractivity contribution in [2.75, 3.05) is 6.61 Å². The first-order valence-corrected chi connectivity index (χ1v) is 7.09. The predicted molar refractivity (Wildman–Crippen MR) is 77.3 cm³/mol. The van der Waals surface area contributed by atoms with Crippen LogP contribution in [-0.2, 0) is 6.42 Å². The standard InChI is InChI=1S/C15H14ClO.BrH.ClH.Li.Mg/c1-2-17-14-9-7-12(8-10-14)11-13-5-3-4-6-15(13)16;;;;/h4-10H,2,11H2,1H3;2*1H;;/q;;;2*+1/p-2. The monoisotopic (exact) mass is 390 g/mol. The summed E-state index contributed by atoms with van der Waals surface area (Å²) in [4.78, 5) is 0. The molecule has 104 valence electrons. The first kappa shape index (κ1) is 23.9. The smallest absolute Gasteiger partial charge is 1.00 e. The SMILES string of the molecule is CCOc1ccc(Cc2c[c]([Mg+])ccc2Cl)cc1.[Br-].[Cl-].[Li+]. The Morgan fingerprint density at radius 3 is 2.29 bits per heavy atom. The molecule has 2 aromatic rings. The van der Waals surface area contributed by atoms with E-state index in [2.05, 4.69) is 18.2 Å². The molecule has 0 aromatic heterocycles. The number of hydrogen-bond donors (Lipinski definition) is 0. The van der Waals surface area contributed by atoms with Gasteiger partial charge in [-0.2, -0.15) is 0 Å². The Labute approximate surface area is 173 Å². The molecule has 0 fully saturated rings. The van der Waals surface area contributed by atoms with Crippen molar-refractivity contribution >= 4 is 37.0 Å². The van der Waals surface area contributed by atoms with E-state index < -0.39 is 0 Å². The van der Waals surface area contributed by atoms with Gasteiger partial charge < -0.3 is 29.4 Å². The summed E-state index contributed by atoms with van der Waals surface area (Å²) in [6.07, 6.45) is 0.859. The topological polar surface area (TPSA) is 9.23 Å². The molecule has 0 amide bonds. The van der Waals surface area contributed by atoms with Gasteiger partial charge in [0.05, 0.1) is 0 Å². The van der Waals surface area contributed by atoms with E-state index in [4.69, 9.17) is 16.3 Å². The maximum Gasteiger partial charge on any atom is 1.00 e. The normalized spacial score (nSPS) is 8.95. The summed E-state index contributed by atoms with van der Waals surface area (Å²) in [6, 6.07) is 14.3. The second kappa shape index (κ2) is 12.1. The van der Waals surface area contributed by atoms with Crippen LogP contribution < -0.4 is 56.7 Å². The van der Waals surface area contributed by atoms with Gasteiger partial charge in [-0.05, 0) is 0 Å². The zero-order chi connectivity index (χ0) is 13.0. The maximum absolute atomic E-state index is 6.21. The number of halogens is 3. The molecule has 0 atom stereocenters. The molecule has 0 aliphatic rings. The number of benzene rings is 2. The Balaban J connectivity index is 0. The third-order valence-electron chi connectivity index (χ3n) is 2.74. The Morgan fingerprint density at radius 1 is 1.10 bits per heavy atom. The van der Waals surface area contributed by atoms with Crippen LogP contribution in [0.3, 0.4) is 0 Å². The molecular weight excluding hydrogens is 378 g/mol. The Kier molecular flexibility index (Phi) is 13.8. The first-order chi connectivity index (χ1) is 8.69. The summed E-state index contributed by atoms with van der Waals surface area (Å²) in [6.45, 7) is 2.69. The van der Waals surface area contributed by atoms with Gasteiger partial charge in [0.2, 0.25) is 0 Å². The summed E-state index contributed by atoms with van der Waals surface area (Å²) < 4.78 is 6.69. The molecule has 0 radical (unpaired) electrons. The van der Waals surface area contributed by atoms with E-state index in [-0.39, 0.29) is 48.2 Å². The van der Waals surface area contributed by atoms with Gasteiger partial charge in [0.25, 0.3) is 0 Å². The summed E-state index contributed by atoms with van der Waals surface area (Å²) in [5.41, 5.74) is 2.42. The van der Waals surface area contributed by atoms with Crippen LogP contribution in [0.1, 0.15) is 18.1 Å². The molecule has 0 N–H and O–H groups in total. The van der Waals surface area contributed by atoms with Crippen LogP contribution in [0.5, 0.6) is 5.75 Å². The van der Waals surface area contributed by atoms with Crippen LogP contribution in [0, 0.1) is 0 Å². The van der Waals surface area contributed by atoms with Crippen molar-refractivity contribution in [2.45, 2.75) is 13.3 Å². The van der Waals surface area contributed by atoms with Gasteiger partial charge in [-0.25, -0.2) is 0 Å². The van der Waals surface area contributed by atoms with Crippen molar-refractivity contribution in [1.29, 1.82) is 0 Å². The van der Waals surface area contributed by atoms with Gasteiger partial charge in [0, 0.05) is 0 Å². The van der Waals surface area contributed by atoms with Crippen molar-refractivity contribution in [3.05, 3.63) is 58.6 Å². The molecule has 0 bridgehead atoms. The Morgan fingerprint density at radius 2 is 1.71 bits per heavy atom. The second-order valence-corrected chi connectivity index (χ2v) is 5.40. The van der Waals surface area contributed by atoms with Gasteiger partial charge in [0.1, 0.15) is 0 Å². The predicted octanol–water partition coefficient (Wildman–Crippen LogP) is -5.86. The fourth-order valence-electron chi connectivity index (χ4n) is 1.85. The molecule has 0 spiro atoms. The van der Waals surface area contributed by atoms with Gasteiger partial charge in [0.15, 0.2) is 0 Å². The van der Waals surface area contributed by atoms with E-state index in [1.54, 1.807) is 0 Å². The molecule has 0 saturated carbocycles. The van der Waals surface area contributed by atoms with Crippen LogP contribution in [-0.4, -0.2) is 28.3 Å². The van der Waals surface area contributed by atoms with Crippen LogP contribution >= 0.6 is 11.6 Å². The molecule has 6 heteroatoms. The van der Waals surface area contributed by atoms with E-state index in [1.165, 1.54) is 14.8 Å². The van der Waals surface area contributed by atoms with Crippen molar-refractivity contribution in [2.24, 2.45) is 0 Å². The van der Waals surface area contributed by atoms with E-state index in [1.807, 2.05) is 52.9 Å². The van der Waals surface area contributed by atoms with E-state index in [0.29, 0.717) is 6.61 Å². The quantitative estimate of drug-likeness (QED) is 0.472. The molecule has 2 rings (SSSR count). The molecule has 21 heavy (non-hydrogen) atoms. The third-order valence-corrected chi connectivity index (χ3v) is 3.55. The van der Waals surface area contributed by atoms with Gasteiger partial charge >= 0.3 is 145 Å². The number of ether oxygens (including phenoxy) is 1. The molecule has 1 nitrogen and oxygen atoms in total. The van der Waals surface area contributed by atoms with E-state index >= 15 is 0 Å².